The minimum Gasteiger partial charge on any atom is -0.339 e. The number of hydrogen-bond acceptors (Lipinski definition) is 2. The Morgan fingerprint density at radius 3 is 2.84 bits per heavy atom. The molecule has 102 valence electrons. The van der Waals surface area contributed by atoms with Crippen LogP contribution in [-0.4, -0.2) is 29.7 Å². The first-order valence-corrected chi connectivity index (χ1v) is 7.05. The lowest BCUT2D eigenvalue weighted by atomic mass is 10.0. The minimum absolute atomic E-state index is 0.149. The van der Waals surface area contributed by atoms with Gasteiger partial charge in [-0.25, -0.2) is 0 Å². The molecule has 1 amide bonds. The highest BCUT2D eigenvalue weighted by atomic mass is 16.2. The van der Waals surface area contributed by atoms with Gasteiger partial charge in [-0.15, -0.1) is 0 Å². The molecule has 0 bridgehead atoms. The van der Waals surface area contributed by atoms with Crippen molar-refractivity contribution in [2.24, 2.45) is 0 Å². The summed E-state index contributed by atoms with van der Waals surface area (Å²) in [6.45, 7) is 3.21. The average Bonchev–Trinajstić information content (AvgIpc) is 2.55. The van der Waals surface area contributed by atoms with Crippen molar-refractivity contribution in [2.45, 2.75) is 39.0 Å². The molecule has 1 aliphatic heterocycles. The zero-order valence-corrected chi connectivity index (χ0v) is 11.5. The number of unbranched alkanes of at least 4 members (excludes halogenated alkanes) is 1. The molecule has 0 radical (unpaired) electrons. The molecule has 0 N–H and O–H groups in total. The quantitative estimate of drug-likeness (QED) is 0.762. The largest absolute Gasteiger partial charge is 0.339 e. The third-order valence-corrected chi connectivity index (χ3v) is 3.62. The Kier molecular flexibility index (Phi) is 4.72. The standard InChI is InChI=1S/C16H21NO2/c1-13(18)7-4-5-11-17-12-6-9-14-8-2-3-10-15(14)16(17)19/h2-3,8,10H,4-7,9,11-12H2,1H3. The van der Waals surface area contributed by atoms with Gasteiger partial charge in [0.05, 0.1) is 0 Å². The summed E-state index contributed by atoms with van der Waals surface area (Å²) in [5, 5.41) is 0. The lowest BCUT2D eigenvalue weighted by molar-refractivity contribution is -0.117. The van der Waals surface area contributed by atoms with Gasteiger partial charge in [-0.1, -0.05) is 18.2 Å². The van der Waals surface area contributed by atoms with Crippen LogP contribution in [-0.2, 0) is 11.2 Å². The summed E-state index contributed by atoms with van der Waals surface area (Å²) in [5.74, 6) is 0.378. The normalized spacial score (nSPS) is 15.0. The van der Waals surface area contributed by atoms with Gasteiger partial charge in [-0.3, -0.25) is 4.79 Å². The van der Waals surface area contributed by atoms with E-state index in [-0.39, 0.29) is 11.7 Å². The van der Waals surface area contributed by atoms with Gasteiger partial charge in [0.2, 0.25) is 0 Å². The topological polar surface area (TPSA) is 37.4 Å². The molecule has 19 heavy (non-hydrogen) atoms. The maximum absolute atomic E-state index is 12.4. The van der Waals surface area contributed by atoms with Crippen molar-refractivity contribution in [2.75, 3.05) is 13.1 Å². The van der Waals surface area contributed by atoms with Gasteiger partial charge in [0, 0.05) is 25.1 Å². The van der Waals surface area contributed by atoms with Gasteiger partial charge in [-0.05, 0) is 44.2 Å². The molecule has 0 unspecified atom stereocenters. The number of Topliss-reactive ketones (excluding diaryl/α,β-unsaturated/α-hetero) is 1. The fourth-order valence-corrected chi connectivity index (χ4v) is 2.57. The summed E-state index contributed by atoms with van der Waals surface area (Å²) in [7, 11) is 0. The van der Waals surface area contributed by atoms with E-state index in [1.54, 1.807) is 6.92 Å². The van der Waals surface area contributed by atoms with Gasteiger partial charge < -0.3 is 9.69 Å². The number of ketones is 1. The van der Waals surface area contributed by atoms with Crippen molar-refractivity contribution in [3.05, 3.63) is 35.4 Å². The monoisotopic (exact) mass is 259 g/mol. The molecule has 1 heterocycles. The molecule has 1 aromatic rings. The molecular formula is C16H21NO2. The van der Waals surface area contributed by atoms with Gasteiger partial charge in [0.15, 0.2) is 0 Å². The zero-order valence-electron chi connectivity index (χ0n) is 11.5. The van der Waals surface area contributed by atoms with E-state index in [1.807, 2.05) is 29.2 Å². The second-order valence-corrected chi connectivity index (χ2v) is 5.21. The lowest BCUT2D eigenvalue weighted by Crippen LogP contribution is -2.31. The first kappa shape index (κ1) is 13.8. The van der Waals surface area contributed by atoms with Crippen LogP contribution in [0.15, 0.2) is 24.3 Å². The Labute approximate surface area is 114 Å². The number of benzene rings is 1. The summed E-state index contributed by atoms with van der Waals surface area (Å²) < 4.78 is 0. The van der Waals surface area contributed by atoms with Gasteiger partial charge in [0.25, 0.3) is 5.91 Å². The van der Waals surface area contributed by atoms with Crippen LogP contribution in [0.2, 0.25) is 0 Å². The first-order chi connectivity index (χ1) is 9.18. The summed E-state index contributed by atoms with van der Waals surface area (Å²) in [5.41, 5.74) is 2.02. The van der Waals surface area contributed by atoms with Crippen LogP contribution in [0.4, 0.5) is 0 Å². The Morgan fingerprint density at radius 2 is 2.05 bits per heavy atom. The number of rotatable bonds is 5. The highest BCUT2D eigenvalue weighted by Gasteiger charge is 2.21. The SMILES string of the molecule is CC(=O)CCCCN1CCCc2ccccc2C1=O. The number of hydrogen-bond donors (Lipinski definition) is 0. The van der Waals surface area contributed by atoms with E-state index in [0.29, 0.717) is 6.42 Å². The first-order valence-electron chi connectivity index (χ1n) is 7.05. The van der Waals surface area contributed by atoms with Crippen LogP contribution < -0.4 is 0 Å². The molecule has 2 rings (SSSR count). The zero-order chi connectivity index (χ0) is 13.7. The summed E-state index contributed by atoms with van der Waals surface area (Å²) in [6, 6.07) is 7.89. The summed E-state index contributed by atoms with van der Waals surface area (Å²) in [4.78, 5) is 25.3. The van der Waals surface area contributed by atoms with Crippen LogP contribution in [0.1, 0.15) is 48.5 Å². The van der Waals surface area contributed by atoms with E-state index in [4.69, 9.17) is 0 Å². The number of amides is 1. The highest BCUT2D eigenvalue weighted by Crippen LogP contribution is 2.18. The van der Waals surface area contributed by atoms with Gasteiger partial charge >= 0.3 is 0 Å². The smallest absolute Gasteiger partial charge is 0.254 e. The number of fused-ring (bicyclic) bond motifs is 1. The molecular weight excluding hydrogens is 238 g/mol. The maximum atomic E-state index is 12.4. The van der Waals surface area contributed by atoms with Crippen molar-refractivity contribution in [1.82, 2.24) is 4.90 Å². The van der Waals surface area contributed by atoms with Gasteiger partial charge in [0.1, 0.15) is 5.78 Å². The van der Waals surface area contributed by atoms with Crippen molar-refractivity contribution >= 4 is 11.7 Å². The number of aryl methyl sites for hydroxylation is 1. The molecule has 0 atom stereocenters. The van der Waals surface area contributed by atoms with Crippen LogP contribution in [0.3, 0.4) is 0 Å². The lowest BCUT2D eigenvalue weighted by Gasteiger charge is -2.20. The van der Waals surface area contributed by atoms with E-state index < -0.39 is 0 Å². The number of carbonyl (C=O) groups excluding carboxylic acids is 2. The molecule has 0 saturated heterocycles. The predicted molar refractivity (Wildman–Crippen MR) is 75.2 cm³/mol. The Morgan fingerprint density at radius 1 is 1.26 bits per heavy atom. The van der Waals surface area contributed by atoms with E-state index in [0.717, 1.165) is 44.3 Å². The van der Waals surface area contributed by atoms with Crippen molar-refractivity contribution in [3.8, 4) is 0 Å². The Balaban J connectivity index is 1.95. The van der Waals surface area contributed by atoms with E-state index in [9.17, 15) is 9.59 Å². The number of carbonyl (C=O) groups is 2. The Hall–Kier alpha value is -1.64. The van der Waals surface area contributed by atoms with Crippen LogP contribution >= 0.6 is 0 Å². The molecule has 3 heteroatoms. The van der Waals surface area contributed by atoms with E-state index >= 15 is 0 Å². The van der Waals surface area contributed by atoms with Crippen LogP contribution in [0.5, 0.6) is 0 Å². The molecule has 0 saturated carbocycles. The fourth-order valence-electron chi connectivity index (χ4n) is 2.57. The number of nitrogens with zero attached hydrogens (tertiary/aromatic N) is 1. The molecule has 1 aromatic carbocycles. The van der Waals surface area contributed by atoms with Crippen LogP contribution in [0, 0.1) is 0 Å². The minimum atomic E-state index is 0.149. The molecule has 0 spiro atoms. The average molecular weight is 259 g/mol. The predicted octanol–water partition coefficient (Wildman–Crippen LogP) is 2.83. The molecule has 0 aliphatic carbocycles. The molecule has 1 aliphatic rings. The molecule has 0 fully saturated rings. The summed E-state index contributed by atoms with van der Waals surface area (Å²) in [6.07, 6.45) is 4.41. The second kappa shape index (κ2) is 6.50. The highest BCUT2D eigenvalue weighted by molar-refractivity contribution is 5.96. The third-order valence-electron chi connectivity index (χ3n) is 3.62. The van der Waals surface area contributed by atoms with Crippen molar-refractivity contribution in [1.29, 1.82) is 0 Å². The third kappa shape index (κ3) is 3.66. The summed E-state index contributed by atoms with van der Waals surface area (Å²) >= 11 is 0. The fraction of sp³-hybridized carbons (Fsp3) is 0.500. The molecule has 3 nitrogen and oxygen atoms in total. The van der Waals surface area contributed by atoms with E-state index in [1.165, 1.54) is 5.56 Å². The Bertz CT molecular complexity index is 468. The maximum Gasteiger partial charge on any atom is 0.254 e. The van der Waals surface area contributed by atoms with Crippen molar-refractivity contribution < 1.29 is 9.59 Å². The second-order valence-electron chi connectivity index (χ2n) is 5.21. The van der Waals surface area contributed by atoms with Crippen molar-refractivity contribution in [3.63, 3.8) is 0 Å². The molecule has 0 aromatic heterocycles. The van der Waals surface area contributed by atoms with Crippen LogP contribution in [0.25, 0.3) is 0 Å². The van der Waals surface area contributed by atoms with E-state index in [2.05, 4.69) is 0 Å². The van der Waals surface area contributed by atoms with Gasteiger partial charge in [-0.2, -0.15) is 0 Å².